The molecule has 2 aliphatic rings. The van der Waals surface area contributed by atoms with E-state index in [0.717, 1.165) is 29.5 Å². The minimum Gasteiger partial charge on any atom is -0.338 e. The van der Waals surface area contributed by atoms with Crippen LogP contribution in [0.2, 0.25) is 0 Å². The normalized spacial score (nSPS) is 21.9. The van der Waals surface area contributed by atoms with E-state index >= 15 is 0 Å². The fourth-order valence-corrected chi connectivity index (χ4v) is 5.67. The standard InChI is InChI=1S/C24H31N3O3S/c1-3-25-23(28)27-17-24(13-14-24)22(26-31(29,30)4-2)21(27)16-18-9-8-12-20(15-18)19-10-6-5-7-11-19/h5-12,15,21-22,26H,3-4,13-14,16-17H2,1-2H3,(H,25,28). The first-order chi connectivity index (χ1) is 14.9. The van der Waals surface area contributed by atoms with E-state index in [1.54, 1.807) is 6.92 Å². The van der Waals surface area contributed by atoms with Crippen molar-refractivity contribution < 1.29 is 13.2 Å². The largest absolute Gasteiger partial charge is 0.338 e. The van der Waals surface area contributed by atoms with Crippen molar-refractivity contribution in [2.24, 2.45) is 5.41 Å². The van der Waals surface area contributed by atoms with Crippen molar-refractivity contribution in [3.63, 3.8) is 0 Å². The molecule has 31 heavy (non-hydrogen) atoms. The molecule has 0 radical (unpaired) electrons. The third-order valence-corrected chi connectivity index (χ3v) is 7.95. The molecule has 2 fully saturated rings. The predicted molar refractivity (Wildman–Crippen MR) is 123 cm³/mol. The van der Waals surface area contributed by atoms with Gasteiger partial charge in [0.05, 0.1) is 11.8 Å². The van der Waals surface area contributed by atoms with Gasteiger partial charge in [0, 0.05) is 24.5 Å². The number of hydrogen-bond donors (Lipinski definition) is 2. The van der Waals surface area contributed by atoms with E-state index in [0.29, 0.717) is 19.5 Å². The lowest BCUT2D eigenvalue weighted by Gasteiger charge is -2.29. The van der Waals surface area contributed by atoms with Crippen LogP contribution in [0.15, 0.2) is 54.6 Å². The highest BCUT2D eigenvalue weighted by Gasteiger charge is 2.61. The van der Waals surface area contributed by atoms with Crippen LogP contribution in [-0.2, 0) is 16.4 Å². The average Bonchev–Trinajstić information content (AvgIpc) is 3.50. The number of rotatable bonds is 7. The van der Waals surface area contributed by atoms with Crippen LogP contribution in [0.25, 0.3) is 11.1 Å². The van der Waals surface area contributed by atoms with Crippen molar-refractivity contribution in [3.8, 4) is 11.1 Å². The molecule has 1 aliphatic carbocycles. The Morgan fingerprint density at radius 1 is 1.06 bits per heavy atom. The Balaban J connectivity index is 1.66. The summed E-state index contributed by atoms with van der Waals surface area (Å²) < 4.78 is 27.9. The molecule has 1 saturated heterocycles. The number of sulfonamides is 1. The van der Waals surface area contributed by atoms with Gasteiger partial charge in [0.15, 0.2) is 0 Å². The first-order valence-electron chi connectivity index (χ1n) is 11.1. The molecule has 0 aromatic heterocycles. The smallest absolute Gasteiger partial charge is 0.317 e. The van der Waals surface area contributed by atoms with Crippen molar-refractivity contribution in [2.75, 3.05) is 18.8 Å². The number of nitrogens with zero attached hydrogens (tertiary/aromatic N) is 1. The summed E-state index contributed by atoms with van der Waals surface area (Å²) in [6.45, 7) is 4.69. The third-order valence-electron chi connectivity index (χ3n) is 6.58. The number of carbonyl (C=O) groups excluding carboxylic acids is 1. The number of nitrogens with one attached hydrogen (secondary N) is 2. The third kappa shape index (κ3) is 4.62. The van der Waals surface area contributed by atoms with Crippen molar-refractivity contribution in [2.45, 2.75) is 45.2 Å². The Morgan fingerprint density at radius 2 is 1.77 bits per heavy atom. The maximum Gasteiger partial charge on any atom is 0.317 e. The maximum atomic E-state index is 12.9. The molecule has 2 atom stereocenters. The lowest BCUT2D eigenvalue weighted by atomic mass is 9.92. The Morgan fingerprint density at radius 3 is 2.42 bits per heavy atom. The predicted octanol–water partition coefficient (Wildman–Crippen LogP) is 3.40. The van der Waals surface area contributed by atoms with Crippen molar-refractivity contribution in [3.05, 3.63) is 60.2 Å². The zero-order valence-corrected chi connectivity index (χ0v) is 19.0. The lowest BCUT2D eigenvalue weighted by molar-refractivity contribution is 0.189. The number of hydrogen-bond acceptors (Lipinski definition) is 3. The van der Waals surface area contributed by atoms with Crippen LogP contribution in [0.1, 0.15) is 32.3 Å². The number of likely N-dealkylation sites (tertiary alicyclic amines) is 1. The number of benzene rings is 2. The van der Waals surface area contributed by atoms with Crippen molar-refractivity contribution in [1.82, 2.24) is 14.9 Å². The SMILES string of the molecule is CCNC(=O)N1CC2(CC2)C(NS(=O)(=O)CC)C1Cc1cccc(-c2ccccc2)c1. The van der Waals surface area contributed by atoms with Gasteiger partial charge in [-0.2, -0.15) is 0 Å². The molecule has 2 aromatic rings. The van der Waals surface area contributed by atoms with Crippen molar-refractivity contribution in [1.29, 1.82) is 0 Å². The molecule has 7 heteroatoms. The summed E-state index contributed by atoms with van der Waals surface area (Å²) in [6, 6.07) is 17.9. The summed E-state index contributed by atoms with van der Waals surface area (Å²) in [5, 5.41) is 2.91. The second kappa shape index (κ2) is 8.63. The molecule has 1 aliphatic heterocycles. The number of amides is 2. The molecule has 2 amide bonds. The Bertz CT molecular complexity index is 1040. The molecular formula is C24H31N3O3S. The first kappa shape index (κ1) is 21.8. The van der Waals surface area contributed by atoms with Crippen LogP contribution in [0.3, 0.4) is 0 Å². The van der Waals surface area contributed by atoms with Gasteiger partial charge in [-0.15, -0.1) is 0 Å². The Kier molecular flexibility index (Phi) is 6.08. The fraction of sp³-hybridized carbons (Fsp3) is 0.458. The van der Waals surface area contributed by atoms with Crippen LogP contribution >= 0.6 is 0 Å². The van der Waals surface area contributed by atoms with Gasteiger partial charge in [0.2, 0.25) is 10.0 Å². The van der Waals surface area contributed by atoms with E-state index < -0.39 is 10.0 Å². The van der Waals surface area contributed by atoms with E-state index in [1.807, 2.05) is 36.1 Å². The van der Waals surface area contributed by atoms with Crippen LogP contribution in [-0.4, -0.2) is 50.3 Å². The lowest BCUT2D eigenvalue weighted by Crippen LogP contribution is -2.51. The summed E-state index contributed by atoms with van der Waals surface area (Å²) in [5.74, 6) is 0.0386. The molecule has 2 aromatic carbocycles. The first-order valence-corrected chi connectivity index (χ1v) is 12.7. The Hall–Kier alpha value is -2.38. The second-order valence-electron chi connectivity index (χ2n) is 8.66. The van der Waals surface area contributed by atoms with Gasteiger partial charge in [-0.25, -0.2) is 17.9 Å². The summed E-state index contributed by atoms with van der Waals surface area (Å²) in [5.41, 5.74) is 3.21. The van der Waals surface area contributed by atoms with Gasteiger partial charge in [0.25, 0.3) is 0 Å². The van der Waals surface area contributed by atoms with E-state index in [4.69, 9.17) is 0 Å². The zero-order valence-electron chi connectivity index (χ0n) is 18.2. The molecule has 2 unspecified atom stereocenters. The van der Waals surface area contributed by atoms with Gasteiger partial charge >= 0.3 is 6.03 Å². The molecule has 1 saturated carbocycles. The molecule has 4 rings (SSSR count). The van der Waals surface area contributed by atoms with Crippen molar-refractivity contribution >= 4 is 16.1 Å². The molecular weight excluding hydrogens is 410 g/mol. The molecule has 6 nitrogen and oxygen atoms in total. The molecule has 1 spiro atoms. The molecule has 0 bridgehead atoms. The van der Waals surface area contributed by atoms with Gasteiger partial charge < -0.3 is 10.2 Å². The minimum atomic E-state index is -3.38. The van der Waals surface area contributed by atoms with E-state index in [-0.39, 0.29) is 29.3 Å². The van der Waals surface area contributed by atoms with E-state index in [1.165, 1.54) is 0 Å². The average molecular weight is 442 g/mol. The summed E-state index contributed by atoms with van der Waals surface area (Å²) >= 11 is 0. The van der Waals surface area contributed by atoms with Crippen LogP contribution in [0.5, 0.6) is 0 Å². The minimum absolute atomic E-state index is 0.0386. The zero-order chi connectivity index (χ0) is 22.1. The van der Waals surface area contributed by atoms with Gasteiger partial charge in [-0.3, -0.25) is 0 Å². The van der Waals surface area contributed by atoms with Crippen LogP contribution in [0.4, 0.5) is 4.79 Å². The fourth-order valence-electron chi connectivity index (χ4n) is 4.71. The van der Waals surface area contributed by atoms with Crippen LogP contribution < -0.4 is 10.0 Å². The second-order valence-corrected chi connectivity index (χ2v) is 10.7. The quantitative estimate of drug-likeness (QED) is 0.691. The number of urea groups is 1. The monoisotopic (exact) mass is 441 g/mol. The van der Waals surface area contributed by atoms with Crippen LogP contribution in [0, 0.1) is 5.41 Å². The van der Waals surface area contributed by atoms with Gasteiger partial charge in [-0.05, 0) is 49.8 Å². The highest BCUT2D eigenvalue weighted by molar-refractivity contribution is 7.89. The Labute approximate surface area is 185 Å². The molecule has 2 N–H and O–H groups in total. The molecule has 1 heterocycles. The summed E-state index contributed by atoms with van der Waals surface area (Å²) in [7, 11) is -3.38. The van der Waals surface area contributed by atoms with Gasteiger partial charge in [-0.1, -0.05) is 54.6 Å². The number of carbonyl (C=O) groups is 1. The summed E-state index contributed by atoms with van der Waals surface area (Å²) in [6.07, 6.45) is 2.50. The molecule has 166 valence electrons. The highest BCUT2D eigenvalue weighted by atomic mass is 32.2. The summed E-state index contributed by atoms with van der Waals surface area (Å²) in [4.78, 5) is 14.7. The maximum absolute atomic E-state index is 12.9. The van der Waals surface area contributed by atoms with E-state index in [2.05, 4.69) is 40.4 Å². The topological polar surface area (TPSA) is 78.5 Å². The van der Waals surface area contributed by atoms with E-state index in [9.17, 15) is 13.2 Å². The van der Waals surface area contributed by atoms with Gasteiger partial charge in [0.1, 0.15) is 0 Å². The highest BCUT2D eigenvalue weighted by Crippen LogP contribution is 2.55.